The SMILES string of the molecule is Cc1ccc(Cn2nc(C)c(C(=O)N3CCN(c4ccc(F)cc4)CC3)c2Cl)cc1. The van der Waals surface area contributed by atoms with E-state index in [-0.39, 0.29) is 11.7 Å². The Morgan fingerprint density at radius 2 is 1.63 bits per heavy atom. The van der Waals surface area contributed by atoms with E-state index in [2.05, 4.69) is 10.00 Å². The van der Waals surface area contributed by atoms with E-state index < -0.39 is 0 Å². The lowest BCUT2D eigenvalue weighted by atomic mass is 10.1. The van der Waals surface area contributed by atoms with Crippen molar-refractivity contribution in [2.75, 3.05) is 31.1 Å². The third kappa shape index (κ3) is 4.19. The third-order valence-electron chi connectivity index (χ3n) is 5.49. The first-order chi connectivity index (χ1) is 14.4. The number of aromatic nitrogens is 2. The molecule has 1 saturated heterocycles. The lowest BCUT2D eigenvalue weighted by Gasteiger charge is -2.36. The highest BCUT2D eigenvalue weighted by molar-refractivity contribution is 6.33. The van der Waals surface area contributed by atoms with Crippen molar-refractivity contribution in [1.82, 2.24) is 14.7 Å². The number of amides is 1. The first-order valence-corrected chi connectivity index (χ1v) is 10.4. The predicted octanol–water partition coefficient (Wildman–Crippen LogP) is 4.30. The monoisotopic (exact) mass is 426 g/mol. The number of halogens is 2. The molecule has 156 valence electrons. The van der Waals surface area contributed by atoms with Gasteiger partial charge in [-0.25, -0.2) is 9.07 Å². The molecule has 0 spiro atoms. The van der Waals surface area contributed by atoms with E-state index >= 15 is 0 Å². The number of anilines is 1. The van der Waals surface area contributed by atoms with Crippen LogP contribution in [0.1, 0.15) is 27.2 Å². The fourth-order valence-corrected chi connectivity index (χ4v) is 4.06. The van der Waals surface area contributed by atoms with Gasteiger partial charge in [0.05, 0.1) is 17.8 Å². The number of carbonyl (C=O) groups excluding carboxylic acids is 1. The third-order valence-corrected chi connectivity index (χ3v) is 5.87. The zero-order valence-corrected chi connectivity index (χ0v) is 17.9. The van der Waals surface area contributed by atoms with Crippen molar-refractivity contribution in [2.45, 2.75) is 20.4 Å². The molecular formula is C23H24ClFN4O. The first kappa shape index (κ1) is 20.4. The number of nitrogens with zero attached hydrogens (tertiary/aromatic N) is 4. The summed E-state index contributed by atoms with van der Waals surface area (Å²) in [6, 6.07) is 14.6. The van der Waals surface area contributed by atoms with Gasteiger partial charge in [0.1, 0.15) is 11.0 Å². The zero-order valence-electron chi connectivity index (χ0n) is 17.1. The van der Waals surface area contributed by atoms with E-state index in [1.807, 2.05) is 43.0 Å². The Kier molecular flexibility index (Phi) is 5.77. The second-order valence-electron chi connectivity index (χ2n) is 7.65. The van der Waals surface area contributed by atoms with Crippen LogP contribution in [0.15, 0.2) is 48.5 Å². The molecule has 1 aromatic heterocycles. The van der Waals surface area contributed by atoms with E-state index in [9.17, 15) is 9.18 Å². The van der Waals surface area contributed by atoms with Crippen molar-refractivity contribution >= 4 is 23.2 Å². The van der Waals surface area contributed by atoms with Gasteiger partial charge in [0.15, 0.2) is 0 Å². The van der Waals surface area contributed by atoms with Gasteiger partial charge < -0.3 is 9.80 Å². The Bertz CT molecular complexity index is 1040. The summed E-state index contributed by atoms with van der Waals surface area (Å²) in [5.74, 6) is -0.341. The molecule has 4 rings (SSSR count). The Hall–Kier alpha value is -2.86. The van der Waals surface area contributed by atoms with Gasteiger partial charge in [-0.1, -0.05) is 41.4 Å². The molecule has 2 heterocycles. The maximum absolute atomic E-state index is 13.2. The average Bonchev–Trinajstić information content (AvgIpc) is 3.03. The number of hydrogen-bond donors (Lipinski definition) is 0. The van der Waals surface area contributed by atoms with Crippen LogP contribution in [0.4, 0.5) is 10.1 Å². The average molecular weight is 427 g/mol. The van der Waals surface area contributed by atoms with Crippen LogP contribution >= 0.6 is 11.6 Å². The fourth-order valence-electron chi connectivity index (χ4n) is 3.75. The summed E-state index contributed by atoms with van der Waals surface area (Å²) in [6.07, 6.45) is 0. The maximum Gasteiger partial charge on any atom is 0.259 e. The largest absolute Gasteiger partial charge is 0.368 e. The Labute approximate surface area is 180 Å². The Balaban J connectivity index is 1.45. The van der Waals surface area contributed by atoms with Crippen molar-refractivity contribution in [2.24, 2.45) is 0 Å². The fraction of sp³-hybridized carbons (Fsp3) is 0.304. The highest BCUT2D eigenvalue weighted by Gasteiger charge is 2.28. The summed E-state index contributed by atoms with van der Waals surface area (Å²) in [6.45, 7) is 6.91. The normalized spacial score (nSPS) is 14.3. The van der Waals surface area contributed by atoms with Gasteiger partial charge in [-0.15, -0.1) is 0 Å². The lowest BCUT2D eigenvalue weighted by molar-refractivity contribution is 0.0746. The molecule has 2 aromatic carbocycles. The molecule has 1 fully saturated rings. The Morgan fingerprint density at radius 3 is 2.27 bits per heavy atom. The lowest BCUT2D eigenvalue weighted by Crippen LogP contribution is -2.49. The summed E-state index contributed by atoms with van der Waals surface area (Å²) in [4.78, 5) is 17.1. The van der Waals surface area contributed by atoms with Gasteiger partial charge in [-0.2, -0.15) is 5.10 Å². The molecule has 3 aromatic rings. The number of piperazine rings is 1. The topological polar surface area (TPSA) is 41.4 Å². The highest BCUT2D eigenvalue weighted by Crippen LogP contribution is 2.24. The molecule has 5 nitrogen and oxygen atoms in total. The number of aryl methyl sites for hydroxylation is 2. The van der Waals surface area contributed by atoms with Crippen LogP contribution in [0.2, 0.25) is 5.15 Å². The molecule has 0 unspecified atom stereocenters. The van der Waals surface area contributed by atoms with E-state index in [1.54, 1.807) is 16.8 Å². The standard InChI is InChI=1S/C23H24ClFN4O/c1-16-3-5-18(6-4-16)15-29-22(24)21(17(2)26-29)23(30)28-13-11-27(12-14-28)20-9-7-19(25)8-10-20/h3-10H,11-15H2,1-2H3. The van der Waals surface area contributed by atoms with Gasteiger partial charge in [0, 0.05) is 31.9 Å². The van der Waals surface area contributed by atoms with E-state index in [1.165, 1.54) is 17.7 Å². The van der Waals surface area contributed by atoms with Crippen LogP contribution in [-0.2, 0) is 6.54 Å². The molecule has 0 saturated carbocycles. The molecule has 1 amide bonds. The van der Waals surface area contributed by atoms with Crippen molar-refractivity contribution in [3.05, 3.63) is 81.9 Å². The summed E-state index contributed by atoms with van der Waals surface area (Å²) in [5.41, 5.74) is 4.34. The molecule has 0 bridgehead atoms. The smallest absolute Gasteiger partial charge is 0.259 e. The van der Waals surface area contributed by atoms with Gasteiger partial charge in [-0.05, 0) is 43.7 Å². The molecule has 7 heteroatoms. The van der Waals surface area contributed by atoms with Crippen molar-refractivity contribution < 1.29 is 9.18 Å². The minimum Gasteiger partial charge on any atom is -0.368 e. The number of hydrogen-bond acceptors (Lipinski definition) is 3. The number of carbonyl (C=O) groups is 1. The molecular weight excluding hydrogens is 403 g/mol. The molecule has 0 N–H and O–H groups in total. The van der Waals surface area contributed by atoms with Crippen molar-refractivity contribution in [3.63, 3.8) is 0 Å². The molecule has 0 aliphatic carbocycles. The molecule has 30 heavy (non-hydrogen) atoms. The second-order valence-corrected chi connectivity index (χ2v) is 8.01. The van der Waals surface area contributed by atoms with Crippen molar-refractivity contribution in [1.29, 1.82) is 0 Å². The van der Waals surface area contributed by atoms with Crippen LogP contribution in [0, 0.1) is 19.7 Å². The van der Waals surface area contributed by atoms with E-state index in [0.29, 0.717) is 49.1 Å². The minimum atomic E-state index is -0.250. The van der Waals surface area contributed by atoms with Crippen LogP contribution < -0.4 is 4.90 Å². The zero-order chi connectivity index (χ0) is 21.3. The first-order valence-electron chi connectivity index (χ1n) is 10.0. The minimum absolute atomic E-state index is 0.0913. The van der Waals surface area contributed by atoms with Gasteiger partial charge in [0.2, 0.25) is 0 Å². The quantitative estimate of drug-likeness (QED) is 0.624. The highest BCUT2D eigenvalue weighted by atomic mass is 35.5. The van der Waals surface area contributed by atoms with Crippen LogP contribution in [0.5, 0.6) is 0 Å². The summed E-state index contributed by atoms with van der Waals surface area (Å²) >= 11 is 6.57. The van der Waals surface area contributed by atoms with Gasteiger partial charge in [-0.3, -0.25) is 4.79 Å². The summed E-state index contributed by atoms with van der Waals surface area (Å²) < 4.78 is 14.8. The summed E-state index contributed by atoms with van der Waals surface area (Å²) in [5, 5.41) is 4.88. The molecule has 1 aliphatic heterocycles. The predicted molar refractivity (Wildman–Crippen MR) is 117 cm³/mol. The van der Waals surface area contributed by atoms with Crippen LogP contribution in [0.3, 0.4) is 0 Å². The summed E-state index contributed by atoms with van der Waals surface area (Å²) in [7, 11) is 0. The van der Waals surface area contributed by atoms with Crippen LogP contribution in [-0.4, -0.2) is 46.8 Å². The van der Waals surface area contributed by atoms with Gasteiger partial charge >= 0.3 is 0 Å². The van der Waals surface area contributed by atoms with E-state index in [4.69, 9.17) is 11.6 Å². The number of rotatable bonds is 4. The second kappa shape index (κ2) is 8.48. The maximum atomic E-state index is 13.2. The number of benzene rings is 2. The van der Waals surface area contributed by atoms with Crippen molar-refractivity contribution in [3.8, 4) is 0 Å². The van der Waals surface area contributed by atoms with E-state index in [0.717, 1.165) is 11.3 Å². The molecule has 1 aliphatic rings. The van der Waals surface area contributed by atoms with Gasteiger partial charge in [0.25, 0.3) is 5.91 Å². The van der Waals surface area contributed by atoms with Crippen LogP contribution in [0.25, 0.3) is 0 Å². The molecule has 0 atom stereocenters. The molecule has 0 radical (unpaired) electrons. The Morgan fingerprint density at radius 1 is 1.00 bits per heavy atom.